The Bertz CT molecular complexity index is 437. The van der Waals surface area contributed by atoms with Crippen LogP contribution in [0, 0.1) is 5.92 Å². The van der Waals surface area contributed by atoms with Gasteiger partial charge in [-0.1, -0.05) is 13.8 Å². The Morgan fingerprint density at radius 1 is 1.00 bits per heavy atom. The van der Waals surface area contributed by atoms with Gasteiger partial charge in [0.2, 0.25) is 11.8 Å². The summed E-state index contributed by atoms with van der Waals surface area (Å²) in [7, 11) is 0. The van der Waals surface area contributed by atoms with Crippen LogP contribution in [-0.2, 0) is 19.2 Å². The molecule has 0 spiro atoms. The fraction of sp³-hybridized carbons (Fsp3) is 0.692. The van der Waals surface area contributed by atoms with Crippen LogP contribution in [0.25, 0.3) is 0 Å². The third-order valence-electron chi connectivity index (χ3n) is 3.03. The summed E-state index contributed by atoms with van der Waals surface area (Å²) in [5.74, 6) is -3.86. The first-order valence-corrected chi connectivity index (χ1v) is 6.87. The minimum atomic E-state index is -1.34. The van der Waals surface area contributed by atoms with Crippen LogP contribution in [0.15, 0.2) is 0 Å². The van der Waals surface area contributed by atoms with Crippen LogP contribution in [0.5, 0.6) is 0 Å². The van der Waals surface area contributed by atoms with Crippen LogP contribution in [0.3, 0.4) is 0 Å². The molecule has 0 aromatic rings. The van der Waals surface area contributed by atoms with Crippen molar-refractivity contribution in [3.63, 3.8) is 0 Å². The molecule has 0 rings (SSSR count). The van der Waals surface area contributed by atoms with E-state index in [0.29, 0.717) is 0 Å². The molecule has 0 radical (unpaired) electrons. The quantitative estimate of drug-likeness (QED) is 0.361. The highest BCUT2D eigenvalue weighted by atomic mass is 16.4. The lowest BCUT2D eigenvalue weighted by Gasteiger charge is -2.21. The van der Waals surface area contributed by atoms with E-state index in [2.05, 4.69) is 10.6 Å². The second-order valence-electron chi connectivity index (χ2n) is 5.33. The predicted octanol–water partition coefficient (Wildman–Crippen LogP) is -1.09. The van der Waals surface area contributed by atoms with Gasteiger partial charge in [0.1, 0.15) is 12.1 Å². The molecule has 3 atom stereocenters. The summed E-state index contributed by atoms with van der Waals surface area (Å²) < 4.78 is 0. The number of carbonyl (C=O) groups excluding carboxylic acids is 2. The lowest BCUT2D eigenvalue weighted by Crippen LogP contribution is -2.54. The summed E-state index contributed by atoms with van der Waals surface area (Å²) in [6.45, 7) is 4.89. The van der Waals surface area contributed by atoms with E-state index in [1.165, 1.54) is 6.92 Å². The van der Waals surface area contributed by atoms with E-state index in [1.54, 1.807) is 13.8 Å². The molecule has 3 unspecified atom stereocenters. The molecule has 0 aliphatic carbocycles. The number of nitrogens with one attached hydrogen (secondary N) is 2. The Hall–Kier alpha value is -2.16. The molecular formula is C13H23N3O6. The number of amides is 2. The SMILES string of the molecule is CC(NC(=O)C(N)C(C)C)C(=O)NC(CCC(=O)O)C(=O)O. The molecule has 0 aliphatic heterocycles. The second-order valence-corrected chi connectivity index (χ2v) is 5.33. The van der Waals surface area contributed by atoms with Crippen LogP contribution in [0.4, 0.5) is 0 Å². The number of carboxylic acid groups (broad SMARTS) is 2. The van der Waals surface area contributed by atoms with E-state index in [0.717, 1.165) is 0 Å². The Labute approximate surface area is 128 Å². The van der Waals surface area contributed by atoms with Crippen molar-refractivity contribution in [2.75, 3.05) is 0 Å². The Balaban J connectivity index is 4.57. The fourth-order valence-electron chi connectivity index (χ4n) is 1.50. The van der Waals surface area contributed by atoms with Gasteiger partial charge >= 0.3 is 11.9 Å². The maximum atomic E-state index is 11.9. The normalized spacial score (nSPS) is 14.8. The Morgan fingerprint density at radius 3 is 1.95 bits per heavy atom. The molecule has 0 fully saturated rings. The van der Waals surface area contributed by atoms with Gasteiger partial charge in [0, 0.05) is 6.42 Å². The molecule has 0 saturated carbocycles. The van der Waals surface area contributed by atoms with Crippen molar-refractivity contribution < 1.29 is 29.4 Å². The highest BCUT2D eigenvalue weighted by molar-refractivity contribution is 5.91. The van der Waals surface area contributed by atoms with Gasteiger partial charge in [0.05, 0.1) is 6.04 Å². The van der Waals surface area contributed by atoms with E-state index in [4.69, 9.17) is 15.9 Å². The van der Waals surface area contributed by atoms with Crippen molar-refractivity contribution in [3.8, 4) is 0 Å². The molecule has 0 saturated heterocycles. The average molecular weight is 317 g/mol. The van der Waals surface area contributed by atoms with Gasteiger partial charge in [-0.25, -0.2) is 4.79 Å². The Kier molecular flexibility index (Phi) is 8.10. The first kappa shape index (κ1) is 19.8. The first-order chi connectivity index (χ1) is 10.1. The lowest BCUT2D eigenvalue weighted by atomic mass is 10.0. The molecule has 2 amide bonds. The predicted molar refractivity (Wildman–Crippen MR) is 76.9 cm³/mol. The lowest BCUT2D eigenvalue weighted by molar-refractivity contribution is -0.143. The molecule has 0 aromatic heterocycles. The van der Waals surface area contributed by atoms with Gasteiger partial charge < -0.3 is 26.6 Å². The summed E-state index contributed by atoms with van der Waals surface area (Å²) in [4.78, 5) is 45.0. The molecule has 9 nitrogen and oxygen atoms in total. The number of hydrogen-bond donors (Lipinski definition) is 5. The number of carboxylic acids is 2. The standard InChI is InChI=1S/C13H23N3O6/c1-6(2)10(14)12(20)15-7(3)11(19)16-8(13(21)22)4-5-9(17)18/h6-8,10H,4-5,14H2,1-3H3,(H,15,20)(H,16,19)(H,17,18)(H,21,22). The van der Waals surface area contributed by atoms with Gasteiger partial charge in [-0.05, 0) is 19.3 Å². The highest BCUT2D eigenvalue weighted by Crippen LogP contribution is 2.01. The zero-order valence-corrected chi connectivity index (χ0v) is 12.8. The van der Waals surface area contributed by atoms with Crippen LogP contribution < -0.4 is 16.4 Å². The van der Waals surface area contributed by atoms with Gasteiger partial charge in [-0.2, -0.15) is 0 Å². The molecule has 0 bridgehead atoms. The topological polar surface area (TPSA) is 159 Å². The second kappa shape index (κ2) is 8.98. The number of aliphatic carboxylic acids is 2. The summed E-state index contributed by atoms with van der Waals surface area (Å²) >= 11 is 0. The summed E-state index contributed by atoms with van der Waals surface area (Å²) in [6.07, 6.45) is -0.640. The zero-order chi connectivity index (χ0) is 17.4. The van der Waals surface area contributed by atoms with Crippen LogP contribution >= 0.6 is 0 Å². The van der Waals surface area contributed by atoms with E-state index < -0.39 is 48.3 Å². The number of carbonyl (C=O) groups is 4. The minimum Gasteiger partial charge on any atom is -0.481 e. The fourth-order valence-corrected chi connectivity index (χ4v) is 1.50. The van der Waals surface area contributed by atoms with Crippen molar-refractivity contribution in [1.29, 1.82) is 0 Å². The van der Waals surface area contributed by atoms with Crippen molar-refractivity contribution in [1.82, 2.24) is 10.6 Å². The maximum absolute atomic E-state index is 11.9. The van der Waals surface area contributed by atoms with Crippen molar-refractivity contribution >= 4 is 23.8 Å². The summed E-state index contributed by atoms with van der Waals surface area (Å²) in [5.41, 5.74) is 5.64. The monoisotopic (exact) mass is 317 g/mol. The largest absolute Gasteiger partial charge is 0.481 e. The molecule has 22 heavy (non-hydrogen) atoms. The van der Waals surface area contributed by atoms with Crippen molar-refractivity contribution in [2.45, 2.75) is 51.7 Å². The van der Waals surface area contributed by atoms with Crippen molar-refractivity contribution in [2.24, 2.45) is 11.7 Å². The third-order valence-corrected chi connectivity index (χ3v) is 3.03. The Morgan fingerprint density at radius 2 is 1.55 bits per heavy atom. The summed E-state index contributed by atoms with van der Waals surface area (Å²) in [6, 6.07) is -3.09. The van der Waals surface area contributed by atoms with Gasteiger partial charge in [0.25, 0.3) is 0 Å². The molecule has 0 aromatic carbocycles. The van der Waals surface area contributed by atoms with Gasteiger partial charge in [-0.3, -0.25) is 14.4 Å². The molecule has 6 N–H and O–H groups in total. The van der Waals surface area contributed by atoms with E-state index >= 15 is 0 Å². The van der Waals surface area contributed by atoms with Crippen LogP contribution in [0.2, 0.25) is 0 Å². The molecule has 126 valence electrons. The molecule has 9 heteroatoms. The smallest absolute Gasteiger partial charge is 0.326 e. The van der Waals surface area contributed by atoms with Gasteiger partial charge in [0.15, 0.2) is 0 Å². The average Bonchev–Trinajstić information content (AvgIpc) is 2.41. The molecule has 0 heterocycles. The van der Waals surface area contributed by atoms with E-state index in [9.17, 15) is 19.2 Å². The third kappa shape index (κ3) is 7.02. The van der Waals surface area contributed by atoms with E-state index in [1.807, 2.05) is 0 Å². The number of rotatable bonds is 9. The first-order valence-electron chi connectivity index (χ1n) is 6.87. The summed E-state index contributed by atoms with van der Waals surface area (Å²) in [5, 5.41) is 22.1. The van der Waals surface area contributed by atoms with Gasteiger partial charge in [-0.15, -0.1) is 0 Å². The molecule has 0 aliphatic rings. The zero-order valence-electron chi connectivity index (χ0n) is 12.8. The maximum Gasteiger partial charge on any atom is 0.326 e. The van der Waals surface area contributed by atoms with Crippen LogP contribution in [-0.4, -0.2) is 52.1 Å². The highest BCUT2D eigenvalue weighted by Gasteiger charge is 2.26. The number of nitrogens with two attached hydrogens (primary N) is 1. The minimum absolute atomic E-state index is 0.113. The van der Waals surface area contributed by atoms with Crippen molar-refractivity contribution in [3.05, 3.63) is 0 Å². The number of hydrogen-bond acceptors (Lipinski definition) is 5. The van der Waals surface area contributed by atoms with Crippen LogP contribution in [0.1, 0.15) is 33.6 Å². The molecular weight excluding hydrogens is 294 g/mol. The van der Waals surface area contributed by atoms with E-state index in [-0.39, 0.29) is 12.3 Å².